The quantitative estimate of drug-likeness (QED) is 0.411. The number of aromatic hydroxyl groups is 1. The SMILES string of the molecule is CC(=O)Nc1c(S(=O)(=O)O)cc(O)c2cc(Nc3ccccc3)ccc12. The molecule has 8 heteroatoms. The van der Waals surface area contributed by atoms with Crippen molar-refractivity contribution in [2.24, 2.45) is 0 Å². The van der Waals surface area contributed by atoms with Crippen LogP contribution in [0.3, 0.4) is 0 Å². The molecule has 0 fully saturated rings. The number of carbonyl (C=O) groups excluding carboxylic acids is 1. The van der Waals surface area contributed by atoms with Crippen LogP contribution in [0.15, 0.2) is 59.5 Å². The second-order valence-corrected chi connectivity index (χ2v) is 7.07. The number of phenols is 1. The third kappa shape index (κ3) is 3.61. The summed E-state index contributed by atoms with van der Waals surface area (Å²) >= 11 is 0. The van der Waals surface area contributed by atoms with Crippen LogP contribution in [0.5, 0.6) is 5.75 Å². The number of nitrogens with one attached hydrogen (secondary N) is 2. The molecule has 0 saturated heterocycles. The van der Waals surface area contributed by atoms with Gasteiger partial charge in [0.2, 0.25) is 5.91 Å². The highest BCUT2D eigenvalue weighted by Gasteiger charge is 2.21. The Morgan fingerprint density at radius 1 is 0.962 bits per heavy atom. The number of hydrogen-bond acceptors (Lipinski definition) is 5. The molecule has 0 aromatic heterocycles. The summed E-state index contributed by atoms with van der Waals surface area (Å²) in [6.07, 6.45) is 0. The molecule has 0 saturated carbocycles. The average molecular weight is 372 g/mol. The van der Waals surface area contributed by atoms with Crippen LogP contribution < -0.4 is 10.6 Å². The van der Waals surface area contributed by atoms with Gasteiger partial charge in [0.15, 0.2) is 0 Å². The molecule has 0 unspecified atom stereocenters. The molecule has 4 N–H and O–H groups in total. The first-order valence-corrected chi connectivity index (χ1v) is 9.06. The summed E-state index contributed by atoms with van der Waals surface area (Å²) in [5.74, 6) is -0.841. The molecular formula is C18H16N2O5S. The molecule has 0 aliphatic carbocycles. The molecule has 0 atom stereocenters. The Labute approximate surface area is 150 Å². The van der Waals surface area contributed by atoms with E-state index in [2.05, 4.69) is 10.6 Å². The van der Waals surface area contributed by atoms with Crippen molar-refractivity contribution >= 4 is 43.9 Å². The molecule has 0 bridgehead atoms. The van der Waals surface area contributed by atoms with E-state index in [0.29, 0.717) is 11.1 Å². The van der Waals surface area contributed by atoms with Crippen LogP contribution in [0.2, 0.25) is 0 Å². The van der Waals surface area contributed by atoms with Gasteiger partial charge in [0.05, 0.1) is 5.69 Å². The summed E-state index contributed by atoms with van der Waals surface area (Å²) < 4.78 is 32.7. The fourth-order valence-electron chi connectivity index (χ4n) is 2.66. The average Bonchev–Trinajstić information content (AvgIpc) is 2.57. The minimum absolute atomic E-state index is 0.0842. The van der Waals surface area contributed by atoms with Gasteiger partial charge >= 0.3 is 0 Å². The first-order valence-electron chi connectivity index (χ1n) is 7.62. The fourth-order valence-corrected chi connectivity index (χ4v) is 3.33. The monoisotopic (exact) mass is 372 g/mol. The largest absolute Gasteiger partial charge is 0.507 e. The summed E-state index contributed by atoms with van der Waals surface area (Å²) in [6.45, 7) is 1.22. The van der Waals surface area contributed by atoms with Crippen molar-refractivity contribution in [1.29, 1.82) is 0 Å². The Balaban J connectivity index is 2.18. The van der Waals surface area contributed by atoms with E-state index >= 15 is 0 Å². The van der Waals surface area contributed by atoms with Gasteiger partial charge in [0.1, 0.15) is 10.6 Å². The number of benzene rings is 3. The lowest BCUT2D eigenvalue weighted by Crippen LogP contribution is -2.11. The zero-order chi connectivity index (χ0) is 18.9. The van der Waals surface area contributed by atoms with E-state index in [9.17, 15) is 22.9 Å². The van der Waals surface area contributed by atoms with E-state index in [4.69, 9.17) is 0 Å². The van der Waals surface area contributed by atoms with Gasteiger partial charge in [-0.25, -0.2) is 0 Å². The first kappa shape index (κ1) is 17.7. The van der Waals surface area contributed by atoms with Gasteiger partial charge < -0.3 is 15.7 Å². The van der Waals surface area contributed by atoms with E-state index in [1.165, 1.54) is 6.92 Å². The lowest BCUT2D eigenvalue weighted by Gasteiger charge is -2.14. The van der Waals surface area contributed by atoms with E-state index in [1.807, 2.05) is 30.3 Å². The first-order chi connectivity index (χ1) is 12.3. The van der Waals surface area contributed by atoms with E-state index < -0.39 is 20.9 Å². The summed E-state index contributed by atoms with van der Waals surface area (Å²) in [5.41, 5.74) is 1.41. The normalized spacial score (nSPS) is 11.3. The van der Waals surface area contributed by atoms with Crippen LogP contribution in [-0.4, -0.2) is 24.0 Å². The Hall–Kier alpha value is -3.10. The van der Waals surface area contributed by atoms with E-state index in [0.717, 1.165) is 11.8 Å². The number of rotatable bonds is 4. The van der Waals surface area contributed by atoms with Crippen LogP contribution in [0, 0.1) is 0 Å². The Kier molecular flexibility index (Phi) is 4.54. The predicted molar refractivity (Wildman–Crippen MR) is 99.5 cm³/mol. The number of para-hydroxylation sites is 1. The van der Waals surface area contributed by atoms with Gasteiger partial charge in [-0.05, 0) is 24.3 Å². The molecule has 26 heavy (non-hydrogen) atoms. The molecule has 3 aromatic rings. The van der Waals surface area contributed by atoms with Crippen molar-refractivity contribution in [2.75, 3.05) is 10.6 Å². The van der Waals surface area contributed by atoms with E-state index in [-0.39, 0.29) is 16.8 Å². The highest BCUT2D eigenvalue weighted by Crippen LogP contribution is 2.38. The molecule has 1 amide bonds. The second-order valence-electron chi connectivity index (χ2n) is 5.68. The van der Waals surface area contributed by atoms with Crippen LogP contribution in [0.4, 0.5) is 17.1 Å². The zero-order valence-electron chi connectivity index (χ0n) is 13.7. The van der Waals surface area contributed by atoms with Crippen LogP contribution in [0.25, 0.3) is 10.8 Å². The van der Waals surface area contributed by atoms with Gasteiger partial charge in [-0.15, -0.1) is 0 Å². The van der Waals surface area contributed by atoms with Crippen molar-refractivity contribution in [2.45, 2.75) is 11.8 Å². The smallest absolute Gasteiger partial charge is 0.296 e. The number of amides is 1. The van der Waals surface area contributed by atoms with Gasteiger partial charge in [-0.2, -0.15) is 8.42 Å². The maximum absolute atomic E-state index is 11.6. The molecule has 0 heterocycles. The summed E-state index contributed by atoms with van der Waals surface area (Å²) in [5, 5.41) is 16.4. The van der Waals surface area contributed by atoms with Crippen molar-refractivity contribution < 1.29 is 22.9 Å². The summed E-state index contributed by atoms with van der Waals surface area (Å²) in [4.78, 5) is 10.9. The number of phenolic OH excluding ortho intramolecular Hbond substituents is 1. The molecule has 3 rings (SSSR count). The number of fused-ring (bicyclic) bond motifs is 1. The standard InChI is InChI=1S/C18H16N2O5S/c1-11(21)19-18-14-8-7-13(20-12-5-3-2-4-6-12)9-15(14)16(22)10-17(18)26(23,24)25/h2-10,20,22H,1H3,(H,19,21)(H,23,24,25). The van der Waals surface area contributed by atoms with Crippen molar-refractivity contribution in [3.8, 4) is 5.75 Å². The number of anilines is 3. The summed E-state index contributed by atoms with van der Waals surface area (Å²) in [7, 11) is -4.64. The highest BCUT2D eigenvalue weighted by molar-refractivity contribution is 7.86. The maximum atomic E-state index is 11.6. The van der Waals surface area contributed by atoms with Crippen LogP contribution >= 0.6 is 0 Å². The number of hydrogen-bond donors (Lipinski definition) is 4. The second kappa shape index (κ2) is 6.66. The Morgan fingerprint density at radius 2 is 1.65 bits per heavy atom. The Morgan fingerprint density at radius 3 is 2.27 bits per heavy atom. The van der Waals surface area contributed by atoms with Crippen molar-refractivity contribution in [3.05, 3.63) is 54.6 Å². The molecule has 0 spiro atoms. The van der Waals surface area contributed by atoms with Gasteiger partial charge in [0.25, 0.3) is 10.1 Å². The topological polar surface area (TPSA) is 116 Å². The molecule has 0 radical (unpaired) electrons. The molecular weight excluding hydrogens is 356 g/mol. The van der Waals surface area contributed by atoms with Crippen LogP contribution in [0.1, 0.15) is 6.92 Å². The molecule has 0 aliphatic heterocycles. The van der Waals surface area contributed by atoms with E-state index in [1.54, 1.807) is 18.2 Å². The molecule has 3 aromatic carbocycles. The minimum Gasteiger partial charge on any atom is -0.507 e. The minimum atomic E-state index is -4.64. The van der Waals surface area contributed by atoms with Gasteiger partial charge in [0, 0.05) is 35.1 Å². The lowest BCUT2D eigenvalue weighted by molar-refractivity contribution is -0.114. The summed E-state index contributed by atoms with van der Waals surface area (Å²) in [6, 6.07) is 15.1. The third-order valence-corrected chi connectivity index (χ3v) is 4.60. The van der Waals surface area contributed by atoms with Crippen LogP contribution in [-0.2, 0) is 14.9 Å². The van der Waals surface area contributed by atoms with Crippen molar-refractivity contribution in [3.63, 3.8) is 0 Å². The highest BCUT2D eigenvalue weighted by atomic mass is 32.2. The fraction of sp³-hybridized carbons (Fsp3) is 0.0556. The predicted octanol–water partition coefficient (Wildman–Crippen LogP) is 3.49. The Bertz CT molecular complexity index is 1100. The zero-order valence-corrected chi connectivity index (χ0v) is 14.5. The van der Waals surface area contributed by atoms with Crippen molar-refractivity contribution in [1.82, 2.24) is 0 Å². The maximum Gasteiger partial charge on any atom is 0.296 e. The lowest BCUT2D eigenvalue weighted by atomic mass is 10.1. The molecule has 134 valence electrons. The number of carbonyl (C=O) groups is 1. The molecule has 7 nitrogen and oxygen atoms in total. The third-order valence-electron chi connectivity index (χ3n) is 3.72. The van der Waals surface area contributed by atoms with Gasteiger partial charge in [-0.1, -0.05) is 24.3 Å². The molecule has 0 aliphatic rings. The van der Waals surface area contributed by atoms with Gasteiger partial charge in [-0.3, -0.25) is 9.35 Å².